The van der Waals surface area contributed by atoms with E-state index in [1.165, 1.54) is 36.8 Å². The summed E-state index contributed by atoms with van der Waals surface area (Å²) >= 11 is 0. The molecule has 184 valence electrons. The number of benzene rings is 1. The van der Waals surface area contributed by atoms with E-state index in [1.807, 2.05) is 6.07 Å². The number of nitrogens with one attached hydrogen (secondary N) is 1. The third-order valence-corrected chi connectivity index (χ3v) is 8.46. The highest BCUT2D eigenvalue weighted by Gasteiger charge is 2.46. The van der Waals surface area contributed by atoms with Crippen molar-refractivity contribution in [2.24, 2.45) is 5.92 Å². The lowest BCUT2D eigenvalue weighted by atomic mass is 9.66. The number of hydrogen-bond acceptors (Lipinski definition) is 4. The molecule has 0 amide bonds. The number of hydrogen-bond donors (Lipinski definition) is 2. The van der Waals surface area contributed by atoms with Crippen molar-refractivity contribution in [2.75, 3.05) is 32.7 Å². The van der Waals surface area contributed by atoms with Crippen molar-refractivity contribution < 1.29 is 9.84 Å². The summed E-state index contributed by atoms with van der Waals surface area (Å²) in [6, 6.07) is 4.30. The molecule has 3 aliphatic rings. The number of phenols is 1. The standard InChI is InChI=1S/C29H46N2O2/c1-6-7-8-9-12-28(2,3)22-18-25(32)27-23-17-21(20-31-15-13-30-14-16-31)10-11-24(23)29(4,5)33-26(27)19-22/h10,18-19,23-24,30,32H,6-9,11-17,20H2,1-5H3/t23-,24-/m0/s1. The highest BCUT2D eigenvalue weighted by molar-refractivity contribution is 5.54. The fraction of sp³-hybridized carbons (Fsp3) is 0.724. The van der Waals surface area contributed by atoms with Gasteiger partial charge in [-0.05, 0) is 56.2 Å². The van der Waals surface area contributed by atoms with Gasteiger partial charge in [0.2, 0.25) is 0 Å². The molecule has 4 heteroatoms. The zero-order valence-corrected chi connectivity index (χ0v) is 21.7. The second-order valence-electron chi connectivity index (χ2n) is 11.8. The number of unbranched alkanes of at least 4 members (excludes halogenated alkanes) is 3. The van der Waals surface area contributed by atoms with E-state index in [2.05, 4.69) is 57.0 Å². The van der Waals surface area contributed by atoms with Gasteiger partial charge in [0.1, 0.15) is 17.1 Å². The molecule has 2 heterocycles. The first-order valence-corrected chi connectivity index (χ1v) is 13.4. The molecular weight excluding hydrogens is 408 g/mol. The fourth-order valence-corrected chi connectivity index (χ4v) is 6.28. The first-order valence-electron chi connectivity index (χ1n) is 13.4. The average molecular weight is 455 g/mol. The quantitative estimate of drug-likeness (QED) is 0.366. The summed E-state index contributed by atoms with van der Waals surface area (Å²) < 4.78 is 6.63. The summed E-state index contributed by atoms with van der Waals surface area (Å²) in [5.74, 6) is 2.09. The fourth-order valence-electron chi connectivity index (χ4n) is 6.28. The number of rotatable bonds is 8. The van der Waals surface area contributed by atoms with Gasteiger partial charge in [0, 0.05) is 50.1 Å². The maximum Gasteiger partial charge on any atom is 0.127 e. The average Bonchev–Trinajstić information content (AvgIpc) is 2.76. The van der Waals surface area contributed by atoms with Crippen LogP contribution in [0.3, 0.4) is 0 Å². The van der Waals surface area contributed by atoms with Crippen LogP contribution in [0, 0.1) is 5.92 Å². The molecule has 1 aliphatic carbocycles. The zero-order valence-electron chi connectivity index (χ0n) is 21.7. The molecule has 2 aliphatic heterocycles. The monoisotopic (exact) mass is 454 g/mol. The third kappa shape index (κ3) is 5.43. The van der Waals surface area contributed by atoms with Crippen LogP contribution in [0.1, 0.15) is 96.6 Å². The maximum atomic E-state index is 11.3. The first-order chi connectivity index (χ1) is 15.7. The Morgan fingerprint density at radius 1 is 1.15 bits per heavy atom. The zero-order chi connectivity index (χ0) is 23.6. The van der Waals surface area contributed by atoms with Crippen LogP contribution in [0.2, 0.25) is 0 Å². The maximum absolute atomic E-state index is 11.3. The Labute approximate surface area is 201 Å². The minimum absolute atomic E-state index is 0.0323. The van der Waals surface area contributed by atoms with E-state index in [0.29, 0.717) is 17.6 Å². The van der Waals surface area contributed by atoms with Gasteiger partial charge >= 0.3 is 0 Å². The molecule has 0 spiro atoms. The van der Waals surface area contributed by atoms with Crippen LogP contribution in [-0.4, -0.2) is 48.3 Å². The molecule has 2 N–H and O–H groups in total. The van der Waals surface area contributed by atoms with Gasteiger partial charge in [-0.2, -0.15) is 0 Å². The minimum atomic E-state index is -0.231. The summed E-state index contributed by atoms with van der Waals surface area (Å²) in [6.45, 7) is 16.8. The Morgan fingerprint density at radius 3 is 2.64 bits per heavy atom. The summed E-state index contributed by atoms with van der Waals surface area (Å²) in [6.07, 6.45) is 10.7. The molecule has 1 fully saturated rings. The second kappa shape index (κ2) is 10.00. The molecule has 0 aromatic heterocycles. The lowest BCUT2D eigenvalue weighted by Gasteiger charge is -2.48. The first kappa shape index (κ1) is 24.6. The molecule has 1 saturated heterocycles. The van der Waals surface area contributed by atoms with Gasteiger partial charge < -0.3 is 15.2 Å². The molecule has 4 rings (SSSR count). The van der Waals surface area contributed by atoms with Crippen molar-refractivity contribution in [3.05, 3.63) is 34.9 Å². The van der Waals surface area contributed by atoms with Gasteiger partial charge in [-0.1, -0.05) is 58.1 Å². The number of nitrogens with zero attached hydrogens (tertiary/aromatic N) is 1. The van der Waals surface area contributed by atoms with E-state index >= 15 is 0 Å². The predicted molar refractivity (Wildman–Crippen MR) is 137 cm³/mol. The Bertz CT molecular complexity index is 851. The van der Waals surface area contributed by atoms with Crippen molar-refractivity contribution in [1.82, 2.24) is 10.2 Å². The lowest BCUT2D eigenvalue weighted by molar-refractivity contribution is 0.00683. The number of aromatic hydroxyl groups is 1. The van der Waals surface area contributed by atoms with E-state index < -0.39 is 0 Å². The molecule has 4 nitrogen and oxygen atoms in total. The van der Waals surface area contributed by atoms with Crippen LogP contribution in [0.15, 0.2) is 23.8 Å². The Kier molecular flexibility index (Phi) is 7.45. The van der Waals surface area contributed by atoms with Crippen LogP contribution in [-0.2, 0) is 5.41 Å². The SMILES string of the molecule is CCCCCCC(C)(C)c1cc(O)c2c(c1)OC(C)(C)[C@H]1CC=C(CN3CCNCC3)C[C@H]21. The van der Waals surface area contributed by atoms with Gasteiger partial charge in [0.15, 0.2) is 0 Å². The molecule has 2 atom stereocenters. The van der Waals surface area contributed by atoms with Crippen molar-refractivity contribution in [3.8, 4) is 11.5 Å². The highest BCUT2D eigenvalue weighted by Crippen LogP contribution is 2.55. The summed E-state index contributed by atoms with van der Waals surface area (Å²) in [5.41, 5.74) is 3.59. The number of ether oxygens (including phenoxy) is 1. The molecule has 0 unspecified atom stereocenters. The predicted octanol–water partition coefficient (Wildman–Crippen LogP) is 6.14. The van der Waals surface area contributed by atoms with Gasteiger partial charge in [-0.15, -0.1) is 0 Å². The van der Waals surface area contributed by atoms with Crippen molar-refractivity contribution in [3.63, 3.8) is 0 Å². The Morgan fingerprint density at radius 2 is 1.91 bits per heavy atom. The van der Waals surface area contributed by atoms with Crippen LogP contribution in [0.25, 0.3) is 0 Å². The van der Waals surface area contributed by atoms with Crippen LogP contribution in [0.5, 0.6) is 11.5 Å². The highest BCUT2D eigenvalue weighted by atomic mass is 16.5. The normalized spacial score (nSPS) is 25.1. The molecule has 0 saturated carbocycles. The lowest BCUT2D eigenvalue weighted by Crippen LogP contribution is -2.47. The van der Waals surface area contributed by atoms with Crippen LogP contribution in [0.4, 0.5) is 0 Å². The number of allylic oxidation sites excluding steroid dienone is 1. The number of piperazine rings is 1. The van der Waals surface area contributed by atoms with Crippen LogP contribution >= 0.6 is 0 Å². The largest absolute Gasteiger partial charge is 0.508 e. The van der Waals surface area contributed by atoms with E-state index in [-0.39, 0.29) is 11.0 Å². The van der Waals surface area contributed by atoms with E-state index in [9.17, 15) is 5.11 Å². The van der Waals surface area contributed by atoms with Crippen molar-refractivity contribution in [2.45, 2.75) is 96.5 Å². The number of phenolic OH excluding ortho intramolecular Hbond substituents is 1. The van der Waals surface area contributed by atoms with E-state index in [1.54, 1.807) is 0 Å². The van der Waals surface area contributed by atoms with Gasteiger partial charge in [0.05, 0.1) is 0 Å². The molecule has 1 aromatic carbocycles. The van der Waals surface area contributed by atoms with Gasteiger partial charge in [0.25, 0.3) is 0 Å². The Hall–Kier alpha value is -1.52. The van der Waals surface area contributed by atoms with Gasteiger partial charge in [-0.3, -0.25) is 4.90 Å². The Balaban J connectivity index is 1.57. The molecule has 33 heavy (non-hydrogen) atoms. The summed E-state index contributed by atoms with van der Waals surface area (Å²) in [5, 5.41) is 14.8. The summed E-state index contributed by atoms with van der Waals surface area (Å²) in [7, 11) is 0. The molecule has 0 radical (unpaired) electrons. The molecular formula is C29H46N2O2. The number of fused-ring (bicyclic) bond motifs is 3. The van der Waals surface area contributed by atoms with E-state index in [4.69, 9.17) is 4.74 Å². The topological polar surface area (TPSA) is 44.7 Å². The van der Waals surface area contributed by atoms with Crippen molar-refractivity contribution in [1.29, 1.82) is 0 Å². The summed E-state index contributed by atoms with van der Waals surface area (Å²) in [4.78, 5) is 2.57. The minimum Gasteiger partial charge on any atom is -0.508 e. The van der Waals surface area contributed by atoms with E-state index in [0.717, 1.165) is 63.3 Å². The smallest absolute Gasteiger partial charge is 0.127 e. The molecule has 1 aromatic rings. The second-order valence-corrected chi connectivity index (χ2v) is 11.8. The van der Waals surface area contributed by atoms with Crippen LogP contribution < -0.4 is 10.1 Å². The van der Waals surface area contributed by atoms with Crippen molar-refractivity contribution >= 4 is 0 Å². The molecule has 0 bridgehead atoms. The van der Waals surface area contributed by atoms with Gasteiger partial charge in [-0.25, -0.2) is 0 Å². The third-order valence-electron chi connectivity index (χ3n) is 8.46.